The van der Waals surface area contributed by atoms with Crippen molar-refractivity contribution in [3.05, 3.63) is 0 Å². The number of rotatable bonds is 3. The molecule has 9 nitrogen and oxygen atoms in total. The summed E-state index contributed by atoms with van der Waals surface area (Å²) in [5.74, 6) is -1.50. The predicted octanol–water partition coefficient (Wildman–Crippen LogP) is -0.722. The average molecular weight is 304 g/mol. The van der Waals surface area contributed by atoms with Crippen molar-refractivity contribution in [1.82, 2.24) is 0 Å². The highest BCUT2D eigenvalue weighted by atomic mass is 16.9. The molecule has 3 heterocycles. The van der Waals surface area contributed by atoms with E-state index in [0.29, 0.717) is 6.61 Å². The van der Waals surface area contributed by atoms with Crippen molar-refractivity contribution in [2.45, 2.75) is 50.7 Å². The van der Waals surface area contributed by atoms with Crippen molar-refractivity contribution in [2.24, 2.45) is 0 Å². The third-order valence-electron chi connectivity index (χ3n) is 3.37. The molecule has 3 aliphatic rings. The molecule has 0 amide bonds. The van der Waals surface area contributed by atoms with Crippen molar-refractivity contribution < 1.29 is 42.7 Å². The Bertz CT molecular complexity index is 425. The average Bonchev–Trinajstić information content (AvgIpc) is 2.96. The Morgan fingerprint density at radius 2 is 1.90 bits per heavy atom. The first-order valence-corrected chi connectivity index (χ1v) is 6.56. The van der Waals surface area contributed by atoms with Gasteiger partial charge in [0, 0.05) is 0 Å². The molecule has 21 heavy (non-hydrogen) atoms. The van der Waals surface area contributed by atoms with Gasteiger partial charge in [0.25, 0.3) is 0 Å². The Hall–Kier alpha value is -1.26. The smallest absolute Gasteiger partial charge is 0.321 e. The number of ether oxygens (including phenoxy) is 7. The van der Waals surface area contributed by atoms with Crippen LogP contribution in [0.3, 0.4) is 0 Å². The number of hydrogen-bond donors (Lipinski definition) is 0. The monoisotopic (exact) mass is 304 g/mol. The molecule has 0 aromatic carbocycles. The first-order chi connectivity index (χ1) is 10.1. The fraction of sp³-hybridized carbons (Fsp3) is 0.833. The minimum absolute atomic E-state index is 0.275. The lowest BCUT2D eigenvalue weighted by Crippen LogP contribution is -2.45. The molecule has 3 saturated heterocycles. The van der Waals surface area contributed by atoms with E-state index in [1.54, 1.807) is 6.92 Å². The summed E-state index contributed by atoms with van der Waals surface area (Å²) >= 11 is 0. The highest BCUT2D eigenvalue weighted by molar-refractivity contribution is 5.91. The lowest BCUT2D eigenvalue weighted by atomic mass is 10.1. The molecule has 3 rings (SSSR count). The third kappa shape index (κ3) is 3.01. The maximum Gasteiger partial charge on any atom is 0.321 e. The summed E-state index contributed by atoms with van der Waals surface area (Å²) in [6.07, 6.45) is -2.69. The van der Waals surface area contributed by atoms with Gasteiger partial charge in [-0.2, -0.15) is 0 Å². The van der Waals surface area contributed by atoms with Gasteiger partial charge in [0.2, 0.25) is 0 Å². The van der Waals surface area contributed by atoms with Gasteiger partial charge in [-0.3, -0.25) is 14.3 Å². The molecular formula is C12H16O9. The quantitative estimate of drug-likeness (QED) is 0.494. The molecule has 6 unspecified atom stereocenters. The van der Waals surface area contributed by atoms with E-state index >= 15 is 0 Å². The van der Waals surface area contributed by atoms with Gasteiger partial charge in [0.1, 0.15) is 24.7 Å². The predicted molar refractivity (Wildman–Crippen MR) is 61.4 cm³/mol. The van der Waals surface area contributed by atoms with Gasteiger partial charge < -0.3 is 28.4 Å². The number of fused-ring (bicyclic) bond motifs is 3. The standard InChI is InChI=1S/C12H16O9/c1-5-16-4-6-9(17-5)10-11(18-6)21-12(20-10)19-8(14)3-7(13)15-2/h5-6,9-12H,3-4H2,1-2H3. The molecule has 0 bridgehead atoms. The fourth-order valence-electron chi connectivity index (χ4n) is 2.40. The van der Waals surface area contributed by atoms with Crippen LogP contribution in [0.4, 0.5) is 0 Å². The van der Waals surface area contributed by atoms with Crippen molar-refractivity contribution in [1.29, 1.82) is 0 Å². The highest BCUT2D eigenvalue weighted by Gasteiger charge is 2.56. The molecule has 0 saturated carbocycles. The van der Waals surface area contributed by atoms with Crippen molar-refractivity contribution >= 4 is 11.9 Å². The molecule has 0 N–H and O–H groups in total. The Balaban J connectivity index is 1.52. The number of methoxy groups -OCH3 is 1. The molecule has 0 spiro atoms. The van der Waals surface area contributed by atoms with Gasteiger partial charge in [-0.15, -0.1) is 0 Å². The summed E-state index contributed by atoms with van der Waals surface area (Å²) in [6, 6.07) is 0. The Labute approximate surface area is 120 Å². The van der Waals surface area contributed by atoms with Crippen molar-refractivity contribution in [3.63, 3.8) is 0 Å². The summed E-state index contributed by atoms with van der Waals surface area (Å²) in [7, 11) is 1.18. The van der Waals surface area contributed by atoms with Crippen LogP contribution in [0, 0.1) is 0 Å². The van der Waals surface area contributed by atoms with Crippen LogP contribution in [-0.2, 0) is 42.7 Å². The number of esters is 2. The summed E-state index contributed by atoms with van der Waals surface area (Å²) < 4.78 is 36.5. The number of carbonyl (C=O) groups excluding carboxylic acids is 2. The summed E-state index contributed by atoms with van der Waals surface area (Å²) in [5, 5.41) is 0. The van der Waals surface area contributed by atoms with E-state index in [0.717, 1.165) is 0 Å². The Kier molecular flexibility index (Phi) is 4.09. The Morgan fingerprint density at radius 1 is 1.10 bits per heavy atom. The van der Waals surface area contributed by atoms with Crippen LogP contribution in [0.5, 0.6) is 0 Å². The molecule has 0 aliphatic carbocycles. The van der Waals surface area contributed by atoms with Gasteiger partial charge in [0.15, 0.2) is 12.6 Å². The third-order valence-corrected chi connectivity index (χ3v) is 3.37. The second-order valence-corrected chi connectivity index (χ2v) is 4.81. The number of hydrogen-bond acceptors (Lipinski definition) is 9. The van der Waals surface area contributed by atoms with Crippen molar-refractivity contribution in [3.8, 4) is 0 Å². The molecular weight excluding hydrogens is 288 g/mol. The second-order valence-electron chi connectivity index (χ2n) is 4.81. The van der Waals surface area contributed by atoms with Crippen LogP contribution in [0.15, 0.2) is 0 Å². The lowest BCUT2D eigenvalue weighted by Gasteiger charge is -2.31. The van der Waals surface area contributed by atoms with E-state index in [9.17, 15) is 9.59 Å². The minimum atomic E-state index is -1.22. The van der Waals surface area contributed by atoms with Gasteiger partial charge in [0.05, 0.1) is 13.7 Å². The SMILES string of the molecule is COC(=O)CC(=O)OC1OC2OC3COC(C)OC3C2O1. The zero-order chi connectivity index (χ0) is 15.0. The van der Waals surface area contributed by atoms with E-state index in [1.807, 2.05) is 0 Å². The minimum Gasteiger partial charge on any atom is -0.469 e. The Morgan fingerprint density at radius 3 is 2.67 bits per heavy atom. The molecule has 9 heteroatoms. The normalized spacial score (nSPS) is 41.2. The molecule has 6 atom stereocenters. The topological polar surface area (TPSA) is 98.8 Å². The lowest BCUT2D eigenvalue weighted by molar-refractivity contribution is -0.298. The van der Waals surface area contributed by atoms with Crippen LogP contribution < -0.4 is 0 Å². The van der Waals surface area contributed by atoms with Gasteiger partial charge in [-0.05, 0) is 6.92 Å². The fourth-order valence-corrected chi connectivity index (χ4v) is 2.40. The zero-order valence-corrected chi connectivity index (χ0v) is 11.6. The molecule has 3 aliphatic heterocycles. The first kappa shape index (κ1) is 14.7. The number of carbonyl (C=O) groups is 2. The van der Waals surface area contributed by atoms with E-state index < -0.39 is 37.2 Å². The van der Waals surface area contributed by atoms with E-state index in [2.05, 4.69) is 4.74 Å². The van der Waals surface area contributed by atoms with E-state index in [4.69, 9.17) is 28.4 Å². The van der Waals surface area contributed by atoms with Crippen LogP contribution in [0.1, 0.15) is 13.3 Å². The van der Waals surface area contributed by atoms with Gasteiger partial charge >= 0.3 is 18.4 Å². The summed E-state index contributed by atoms with van der Waals surface area (Å²) in [5.41, 5.74) is 0. The maximum absolute atomic E-state index is 11.4. The summed E-state index contributed by atoms with van der Waals surface area (Å²) in [4.78, 5) is 22.4. The molecule has 0 aromatic heterocycles. The molecule has 118 valence electrons. The largest absolute Gasteiger partial charge is 0.469 e. The van der Waals surface area contributed by atoms with Crippen LogP contribution in [-0.4, -0.2) is 63.0 Å². The van der Waals surface area contributed by atoms with Crippen LogP contribution in [0.25, 0.3) is 0 Å². The van der Waals surface area contributed by atoms with Crippen molar-refractivity contribution in [2.75, 3.05) is 13.7 Å². The van der Waals surface area contributed by atoms with E-state index in [-0.39, 0.29) is 18.5 Å². The first-order valence-electron chi connectivity index (χ1n) is 6.56. The second kappa shape index (κ2) is 5.85. The molecule has 0 radical (unpaired) electrons. The van der Waals surface area contributed by atoms with Crippen LogP contribution in [0.2, 0.25) is 0 Å². The van der Waals surface area contributed by atoms with E-state index in [1.165, 1.54) is 7.11 Å². The van der Waals surface area contributed by atoms with Crippen LogP contribution >= 0.6 is 0 Å². The van der Waals surface area contributed by atoms with Gasteiger partial charge in [-0.25, -0.2) is 0 Å². The zero-order valence-electron chi connectivity index (χ0n) is 11.6. The maximum atomic E-state index is 11.4. The highest BCUT2D eigenvalue weighted by Crippen LogP contribution is 2.37. The van der Waals surface area contributed by atoms with Gasteiger partial charge in [-0.1, -0.05) is 0 Å². The molecule has 3 fully saturated rings. The molecule has 0 aromatic rings. The summed E-state index contributed by atoms with van der Waals surface area (Å²) in [6.45, 7) is 0.936.